The van der Waals surface area contributed by atoms with Crippen molar-refractivity contribution in [3.63, 3.8) is 0 Å². The average Bonchev–Trinajstić information content (AvgIpc) is 2.73. The fourth-order valence-electron chi connectivity index (χ4n) is 4.18. The minimum Gasteiger partial charge on any atom is -0.507 e. The fourth-order valence-corrected chi connectivity index (χ4v) is 4.18. The van der Waals surface area contributed by atoms with Crippen LogP contribution in [0.3, 0.4) is 0 Å². The van der Waals surface area contributed by atoms with Crippen LogP contribution >= 0.6 is 0 Å². The first-order chi connectivity index (χ1) is 14.6. The van der Waals surface area contributed by atoms with Crippen molar-refractivity contribution < 1.29 is 24.1 Å². The van der Waals surface area contributed by atoms with Crippen LogP contribution in [0.1, 0.15) is 59.9 Å². The van der Waals surface area contributed by atoms with Gasteiger partial charge in [0.05, 0.1) is 6.61 Å². The lowest BCUT2D eigenvalue weighted by molar-refractivity contribution is -0.151. The summed E-state index contributed by atoms with van der Waals surface area (Å²) in [4.78, 5) is 12.3. The quantitative estimate of drug-likeness (QED) is 0.376. The molecule has 0 heterocycles. The molecule has 0 aromatic heterocycles. The van der Waals surface area contributed by atoms with Crippen LogP contribution in [-0.2, 0) is 25.6 Å². The van der Waals surface area contributed by atoms with Gasteiger partial charge in [-0.25, -0.2) is 0 Å². The SMILES string of the molecule is C=C[C@@](C)(OC(=O)CCC)C1=C(C)[C@H](OCc2ccccc2)C(C)(OCC)C(C)=C1O. The minimum atomic E-state index is -1.19. The summed E-state index contributed by atoms with van der Waals surface area (Å²) in [5.41, 5.74) is 0.863. The van der Waals surface area contributed by atoms with Crippen LogP contribution in [0.2, 0.25) is 0 Å². The van der Waals surface area contributed by atoms with Crippen LogP contribution in [0.15, 0.2) is 65.5 Å². The summed E-state index contributed by atoms with van der Waals surface area (Å²) in [5, 5.41) is 11.2. The maximum absolute atomic E-state index is 12.3. The van der Waals surface area contributed by atoms with Crippen LogP contribution in [0.25, 0.3) is 0 Å². The lowest BCUT2D eigenvalue weighted by atomic mass is 9.73. The zero-order chi connectivity index (χ0) is 23.2. The summed E-state index contributed by atoms with van der Waals surface area (Å²) in [5.74, 6) is -0.282. The van der Waals surface area contributed by atoms with Gasteiger partial charge in [0.2, 0.25) is 0 Å². The molecule has 31 heavy (non-hydrogen) atoms. The smallest absolute Gasteiger partial charge is 0.306 e. The third-order valence-corrected chi connectivity index (χ3v) is 5.99. The maximum Gasteiger partial charge on any atom is 0.306 e. The summed E-state index contributed by atoms with van der Waals surface area (Å²) >= 11 is 0. The Kier molecular flexibility index (Phi) is 8.27. The predicted molar refractivity (Wildman–Crippen MR) is 123 cm³/mol. The minimum absolute atomic E-state index is 0.0553. The second-order valence-corrected chi connectivity index (χ2v) is 8.28. The van der Waals surface area contributed by atoms with Gasteiger partial charge in [-0.15, -0.1) is 0 Å². The number of hydrogen-bond donors (Lipinski definition) is 1. The van der Waals surface area contributed by atoms with E-state index in [4.69, 9.17) is 14.2 Å². The van der Waals surface area contributed by atoms with Gasteiger partial charge in [0, 0.05) is 24.2 Å². The Balaban J connectivity index is 2.54. The predicted octanol–water partition coefficient (Wildman–Crippen LogP) is 5.82. The molecule has 0 saturated carbocycles. The molecule has 0 saturated heterocycles. The Hall–Kier alpha value is -2.37. The number of ether oxygens (including phenoxy) is 3. The number of rotatable bonds is 10. The van der Waals surface area contributed by atoms with Crippen molar-refractivity contribution in [3.8, 4) is 0 Å². The largest absolute Gasteiger partial charge is 0.507 e. The van der Waals surface area contributed by atoms with Gasteiger partial charge in [0.15, 0.2) is 5.60 Å². The zero-order valence-corrected chi connectivity index (χ0v) is 19.7. The molecule has 0 fully saturated rings. The van der Waals surface area contributed by atoms with Gasteiger partial charge >= 0.3 is 5.97 Å². The van der Waals surface area contributed by atoms with E-state index in [2.05, 4.69) is 6.58 Å². The first-order valence-electron chi connectivity index (χ1n) is 10.9. The van der Waals surface area contributed by atoms with Crippen molar-refractivity contribution in [2.75, 3.05) is 6.61 Å². The molecule has 5 heteroatoms. The number of esters is 1. The third kappa shape index (κ3) is 5.10. The molecular weight excluding hydrogens is 392 g/mol. The molecule has 1 aliphatic rings. The van der Waals surface area contributed by atoms with Crippen molar-refractivity contribution in [3.05, 3.63) is 71.0 Å². The molecule has 2 rings (SSSR count). The van der Waals surface area contributed by atoms with E-state index in [1.807, 2.05) is 65.0 Å². The number of benzene rings is 1. The van der Waals surface area contributed by atoms with E-state index >= 15 is 0 Å². The topological polar surface area (TPSA) is 65.0 Å². The van der Waals surface area contributed by atoms with Crippen molar-refractivity contribution >= 4 is 5.97 Å². The van der Waals surface area contributed by atoms with Crippen LogP contribution in [-0.4, -0.2) is 35.0 Å². The van der Waals surface area contributed by atoms with Gasteiger partial charge in [-0.1, -0.05) is 43.8 Å². The third-order valence-electron chi connectivity index (χ3n) is 5.99. The molecule has 0 radical (unpaired) electrons. The first kappa shape index (κ1) is 24.9. The van der Waals surface area contributed by atoms with Crippen molar-refractivity contribution in [2.45, 2.75) is 78.3 Å². The normalized spacial score (nSPS) is 23.5. The van der Waals surface area contributed by atoms with Crippen LogP contribution in [0, 0.1) is 0 Å². The Bertz CT molecular complexity index is 854. The molecule has 1 aromatic rings. The highest BCUT2D eigenvalue weighted by Crippen LogP contribution is 2.45. The van der Waals surface area contributed by atoms with E-state index in [9.17, 15) is 9.90 Å². The standard InChI is InChI=1S/C26H36O5/c1-8-14-21(27)31-25(6,9-2)22-18(4)24(29-17-20-15-12-11-13-16-20)26(7,30-10-3)19(5)23(22)28/h9,11-13,15-16,24,28H,2,8,10,14,17H2,1,3-7H3/t24-,25+,26?/m0/s1. The van der Waals surface area contributed by atoms with E-state index in [1.165, 1.54) is 0 Å². The Morgan fingerprint density at radius 2 is 1.90 bits per heavy atom. The molecular formula is C26H36O5. The van der Waals surface area contributed by atoms with Gasteiger partial charge in [-0.3, -0.25) is 4.79 Å². The van der Waals surface area contributed by atoms with E-state index < -0.39 is 17.3 Å². The Morgan fingerprint density at radius 1 is 1.26 bits per heavy atom. The molecule has 1 N–H and O–H groups in total. The second-order valence-electron chi connectivity index (χ2n) is 8.28. The lowest BCUT2D eigenvalue weighted by Crippen LogP contribution is -2.51. The van der Waals surface area contributed by atoms with Gasteiger partial charge < -0.3 is 19.3 Å². The molecule has 1 aliphatic carbocycles. The molecule has 170 valence electrons. The monoisotopic (exact) mass is 428 g/mol. The van der Waals surface area contributed by atoms with Crippen LogP contribution < -0.4 is 0 Å². The average molecular weight is 429 g/mol. The zero-order valence-electron chi connectivity index (χ0n) is 19.7. The highest BCUT2D eigenvalue weighted by Gasteiger charge is 2.49. The summed E-state index contributed by atoms with van der Waals surface area (Å²) in [7, 11) is 0. The van der Waals surface area contributed by atoms with Gasteiger partial charge in [-0.05, 0) is 58.3 Å². The summed E-state index contributed by atoms with van der Waals surface area (Å²) in [6, 6.07) is 9.90. The molecule has 3 atom stereocenters. The summed E-state index contributed by atoms with van der Waals surface area (Å²) in [6.07, 6.45) is 2.04. The lowest BCUT2D eigenvalue weighted by Gasteiger charge is -2.45. The highest BCUT2D eigenvalue weighted by atomic mass is 16.6. The van der Waals surface area contributed by atoms with Crippen molar-refractivity contribution in [1.82, 2.24) is 0 Å². The highest BCUT2D eigenvalue weighted by molar-refractivity contribution is 5.71. The summed E-state index contributed by atoms with van der Waals surface area (Å²) < 4.78 is 18.3. The fraction of sp³-hybridized carbons (Fsp3) is 0.500. The molecule has 0 spiro atoms. The Labute approximate surface area is 186 Å². The first-order valence-corrected chi connectivity index (χ1v) is 10.9. The number of carbonyl (C=O) groups is 1. The van der Waals surface area contributed by atoms with Crippen LogP contribution in [0.4, 0.5) is 0 Å². The van der Waals surface area contributed by atoms with Crippen LogP contribution in [0.5, 0.6) is 0 Å². The van der Waals surface area contributed by atoms with E-state index in [0.717, 1.165) is 11.1 Å². The summed E-state index contributed by atoms with van der Waals surface area (Å²) in [6.45, 7) is 15.9. The van der Waals surface area contributed by atoms with Gasteiger partial charge in [0.25, 0.3) is 0 Å². The van der Waals surface area contributed by atoms with Gasteiger partial charge in [0.1, 0.15) is 17.5 Å². The molecule has 0 amide bonds. The van der Waals surface area contributed by atoms with E-state index in [-0.39, 0.29) is 11.7 Å². The molecule has 1 unspecified atom stereocenters. The second kappa shape index (κ2) is 10.3. The molecule has 0 bridgehead atoms. The number of aliphatic hydroxyl groups excluding tert-OH is 1. The number of aliphatic hydroxyl groups is 1. The Morgan fingerprint density at radius 3 is 2.45 bits per heavy atom. The number of hydrogen-bond acceptors (Lipinski definition) is 5. The maximum atomic E-state index is 12.3. The van der Waals surface area contributed by atoms with E-state index in [0.29, 0.717) is 37.2 Å². The molecule has 0 aliphatic heterocycles. The van der Waals surface area contributed by atoms with Crippen molar-refractivity contribution in [1.29, 1.82) is 0 Å². The molecule has 5 nitrogen and oxygen atoms in total. The van der Waals surface area contributed by atoms with E-state index in [1.54, 1.807) is 13.0 Å². The van der Waals surface area contributed by atoms with Gasteiger partial charge in [-0.2, -0.15) is 0 Å². The van der Waals surface area contributed by atoms with Crippen molar-refractivity contribution in [2.24, 2.45) is 0 Å². The molecule has 1 aromatic carbocycles. The number of carbonyl (C=O) groups excluding carboxylic acids is 1.